The van der Waals surface area contributed by atoms with E-state index in [1.54, 1.807) is 21.9 Å². The van der Waals surface area contributed by atoms with Gasteiger partial charge in [0.05, 0.1) is 19.1 Å². The van der Waals surface area contributed by atoms with Crippen LogP contribution in [0.3, 0.4) is 0 Å². The van der Waals surface area contributed by atoms with Crippen molar-refractivity contribution in [2.75, 3.05) is 46.5 Å². The van der Waals surface area contributed by atoms with Crippen LogP contribution < -0.4 is 4.74 Å². The Balaban J connectivity index is 1.55. The predicted octanol–water partition coefficient (Wildman–Crippen LogP) is 3.14. The summed E-state index contributed by atoms with van der Waals surface area (Å²) in [7, 11) is 1.53. The third-order valence-electron chi connectivity index (χ3n) is 5.69. The van der Waals surface area contributed by atoms with Gasteiger partial charge in [0.15, 0.2) is 5.82 Å². The molecule has 0 saturated carbocycles. The fraction of sp³-hybridized carbons (Fsp3) is 0.571. The Kier molecular flexibility index (Phi) is 7.03. The van der Waals surface area contributed by atoms with Crippen molar-refractivity contribution in [2.24, 2.45) is 0 Å². The number of nitrogens with zero attached hydrogens (tertiary/aromatic N) is 4. The summed E-state index contributed by atoms with van der Waals surface area (Å²) in [5.41, 5.74) is 0.797. The molecule has 2 saturated heterocycles. The Morgan fingerprint density at radius 1 is 1.12 bits per heavy atom. The van der Waals surface area contributed by atoms with Gasteiger partial charge < -0.3 is 28.5 Å². The number of hydrogen-bond donors (Lipinski definition) is 0. The molecule has 12 heteroatoms. The van der Waals surface area contributed by atoms with Crippen LogP contribution in [0.1, 0.15) is 35.5 Å². The van der Waals surface area contributed by atoms with Crippen LogP contribution in [-0.2, 0) is 16.1 Å². The van der Waals surface area contributed by atoms with Gasteiger partial charge in [0.2, 0.25) is 5.89 Å². The van der Waals surface area contributed by atoms with Gasteiger partial charge in [0.1, 0.15) is 12.4 Å². The highest BCUT2D eigenvalue weighted by molar-refractivity contribution is 5.75. The number of benzene rings is 1. The largest absolute Gasteiger partial charge is 0.573 e. The second-order valence-electron chi connectivity index (χ2n) is 8.02. The first-order valence-corrected chi connectivity index (χ1v) is 10.6. The number of carbonyl (C=O) groups is 1. The summed E-state index contributed by atoms with van der Waals surface area (Å²) in [5.74, 6) is 0.170. The SMILES string of the molecule is COCc1noc(C2CC(c3ccc(OC(F)(F)F)cc3)CN(C(=O)N3CCOCC3)C2)n1. The van der Waals surface area contributed by atoms with Crippen molar-refractivity contribution >= 4 is 6.03 Å². The standard InChI is InChI=1S/C21H25F3N4O5/c1-30-13-18-25-19(33-26-18)16-10-15(14-2-4-17(5-3-14)32-21(22,23)24)11-28(12-16)20(29)27-6-8-31-9-7-27/h2-5,15-16H,6-13H2,1H3. The van der Waals surface area contributed by atoms with Crippen LogP contribution in [-0.4, -0.2) is 78.8 Å². The fourth-order valence-electron chi connectivity index (χ4n) is 4.19. The lowest BCUT2D eigenvalue weighted by atomic mass is 9.84. The Hall–Kier alpha value is -2.86. The van der Waals surface area contributed by atoms with E-state index in [1.165, 1.54) is 19.2 Å². The number of alkyl halides is 3. The number of piperidine rings is 1. The molecule has 0 radical (unpaired) electrons. The van der Waals surface area contributed by atoms with Crippen molar-refractivity contribution in [3.8, 4) is 5.75 Å². The van der Waals surface area contributed by atoms with Crippen molar-refractivity contribution in [1.29, 1.82) is 0 Å². The first-order chi connectivity index (χ1) is 15.8. The van der Waals surface area contributed by atoms with Crippen LogP contribution in [0.2, 0.25) is 0 Å². The van der Waals surface area contributed by atoms with E-state index in [2.05, 4.69) is 14.9 Å². The predicted molar refractivity (Wildman–Crippen MR) is 108 cm³/mol. The van der Waals surface area contributed by atoms with Gasteiger partial charge in [-0.3, -0.25) is 0 Å². The van der Waals surface area contributed by atoms with E-state index in [0.717, 1.165) is 5.56 Å². The van der Waals surface area contributed by atoms with Crippen molar-refractivity contribution in [2.45, 2.75) is 31.2 Å². The van der Waals surface area contributed by atoms with Crippen molar-refractivity contribution in [3.63, 3.8) is 0 Å². The second kappa shape index (κ2) is 9.96. The van der Waals surface area contributed by atoms with Crippen LogP contribution in [0.25, 0.3) is 0 Å². The fourth-order valence-corrected chi connectivity index (χ4v) is 4.19. The van der Waals surface area contributed by atoms with Gasteiger partial charge in [-0.2, -0.15) is 4.98 Å². The van der Waals surface area contributed by atoms with Gasteiger partial charge in [-0.1, -0.05) is 17.3 Å². The number of ether oxygens (including phenoxy) is 3. The number of morpholine rings is 1. The van der Waals surface area contributed by atoms with Gasteiger partial charge in [0.25, 0.3) is 0 Å². The molecule has 0 spiro atoms. The molecule has 2 aliphatic heterocycles. The van der Waals surface area contributed by atoms with Crippen molar-refractivity contribution in [1.82, 2.24) is 19.9 Å². The number of urea groups is 1. The van der Waals surface area contributed by atoms with Crippen LogP contribution in [0, 0.1) is 0 Å². The van der Waals surface area contributed by atoms with E-state index in [-0.39, 0.29) is 30.2 Å². The zero-order valence-corrected chi connectivity index (χ0v) is 18.1. The third kappa shape index (κ3) is 5.93. The van der Waals surface area contributed by atoms with E-state index >= 15 is 0 Å². The molecule has 3 heterocycles. The minimum atomic E-state index is -4.75. The molecule has 2 fully saturated rings. The first kappa shape index (κ1) is 23.3. The van der Waals surface area contributed by atoms with E-state index in [9.17, 15) is 18.0 Å². The van der Waals surface area contributed by atoms with Gasteiger partial charge in [-0.05, 0) is 24.1 Å². The Labute approximate surface area is 188 Å². The molecule has 9 nitrogen and oxygen atoms in total. The zero-order valence-electron chi connectivity index (χ0n) is 18.1. The molecule has 2 aromatic rings. The molecule has 33 heavy (non-hydrogen) atoms. The molecular formula is C21H25F3N4O5. The Morgan fingerprint density at radius 3 is 2.48 bits per heavy atom. The molecule has 0 aliphatic carbocycles. The van der Waals surface area contributed by atoms with Gasteiger partial charge >= 0.3 is 12.4 Å². The molecule has 2 aliphatic rings. The molecule has 1 aromatic carbocycles. The monoisotopic (exact) mass is 470 g/mol. The zero-order chi connectivity index (χ0) is 23.4. The number of hydrogen-bond acceptors (Lipinski definition) is 7. The molecular weight excluding hydrogens is 445 g/mol. The van der Waals surface area contributed by atoms with Gasteiger partial charge in [0, 0.05) is 39.2 Å². The normalized spacial score (nSPS) is 21.8. The molecule has 2 atom stereocenters. The summed E-state index contributed by atoms with van der Waals surface area (Å²) in [5, 5.41) is 3.92. The van der Waals surface area contributed by atoms with Gasteiger partial charge in [-0.25, -0.2) is 4.79 Å². The highest BCUT2D eigenvalue weighted by atomic mass is 19.4. The minimum Gasteiger partial charge on any atom is -0.406 e. The maximum absolute atomic E-state index is 13.2. The molecule has 2 amide bonds. The molecule has 180 valence electrons. The minimum absolute atomic E-state index is 0.110. The summed E-state index contributed by atoms with van der Waals surface area (Å²) in [6.07, 6.45) is -4.16. The molecule has 2 unspecified atom stereocenters. The number of aromatic nitrogens is 2. The second-order valence-corrected chi connectivity index (χ2v) is 8.02. The average Bonchev–Trinajstić information content (AvgIpc) is 3.27. The highest BCUT2D eigenvalue weighted by Gasteiger charge is 2.37. The maximum Gasteiger partial charge on any atom is 0.573 e. The number of amides is 2. The first-order valence-electron chi connectivity index (χ1n) is 10.6. The number of rotatable bonds is 5. The van der Waals surface area contributed by atoms with Crippen LogP contribution in [0.15, 0.2) is 28.8 Å². The summed E-state index contributed by atoms with van der Waals surface area (Å²) in [6.45, 7) is 3.01. The van der Waals surface area contributed by atoms with Crippen LogP contribution in [0.4, 0.5) is 18.0 Å². The lowest BCUT2D eigenvalue weighted by Gasteiger charge is -2.40. The quantitative estimate of drug-likeness (QED) is 0.663. The summed E-state index contributed by atoms with van der Waals surface area (Å²) >= 11 is 0. The van der Waals surface area contributed by atoms with E-state index in [4.69, 9.17) is 14.0 Å². The number of likely N-dealkylation sites (tertiary alicyclic amines) is 1. The number of carbonyl (C=O) groups excluding carboxylic acids is 1. The summed E-state index contributed by atoms with van der Waals surface area (Å²) in [4.78, 5) is 21.1. The van der Waals surface area contributed by atoms with E-state index in [1.807, 2.05) is 0 Å². The van der Waals surface area contributed by atoms with Crippen molar-refractivity contribution < 1.29 is 36.7 Å². The average molecular weight is 470 g/mol. The van der Waals surface area contributed by atoms with E-state index < -0.39 is 6.36 Å². The van der Waals surface area contributed by atoms with Crippen molar-refractivity contribution in [3.05, 3.63) is 41.5 Å². The Morgan fingerprint density at radius 2 is 1.82 bits per heavy atom. The molecule has 0 bridgehead atoms. The maximum atomic E-state index is 13.2. The van der Waals surface area contributed by atoms with Crippen LogP contribution >= 0.6 is 0 Å². The number of halogens is 3. The number of methoxy groups -OCH3 is 1. The van der Waals surface area contributed by atoms with Gasteiger partial charge in [-0.15, -0.1) is 13.2 Å². The molecule has 1 aromatic heterocycles. The van der Waals surface area contributed by atoms with Crippen LogP contribution in [0.5, 0.6) is 5.75 Å². The lowest BCUT2D eigenvalue weighted by molar-refractivity contribution is -0.274. The molecule has 4 rings (SSSR count). The highest BCUT2D eigenvalue weighted by Crippen LogP contribution is 2.36. The van der Waals surface area contributed by atoms with E-state index in [0.29, 0.717) is 57.5 Å². The molecule has 0 N–H and O–H groups in total. The smallest absolute Gasteiger partial charge is 0.406 e. The Bertz CT molecular complexity index is 931. The third-order valence-corrected chi connectivity index (χ3v) is 5.69. The summed E-state index contributed by atoms with van der Waals surface area (Å²) in [6, 6.07) is 5.64. The lowest BCUT2D eigenvalue weighted by Crippen LogP contribution is -2.52. The summed E-state index contributed by atoms with van der Waals surface area (Å²) < 4.78 is 57.3. The topological polar surface area (TPSA) is 90.2 Å².